The van der Waals surface area contributed by atoms with Gasteiger partial charge in [0.25, 0.3) is 5.91 Å². The molecule has 2 aromatic heterocycles. The number of fused-ring (bicyclic) bond motifs is 6. The Kier molecular flexibility index (Phi) is 4.93. The summed E-state index contributed by atoms with van der Waals surface area (Å²) in [7, 11) is 0. The molecule has 6 nitrogen and oxygen atoms in total. The van der Waals surface area contributed by atoms with E-state index in [4.69, 9.17) is 9.15 Å². The van der Waals surface area contributed by atoms with E-state index < -0.39 is 0 Å². The lowest BCUT2D eigenvalue weighted by molar-refractivity contribution is -0.124. The summed E-state index contributed by atoms with van der Waals surface area (Å²) in [5, 5.41) is 5.33. The van der Waals surface area contributed by atoms with E-state index in [1.54, 1.807) is 6.07 Å². The Balaban J connectivity index is 1.17. The van der Waals surface area contributed by atoms with Crippen LogP contribution >= 0.6 is 0 Å². The van der Waals surface area contributed by atoms with Crippen LogP contribution in [0.4, 0.5) is 0 Å². The molecule has 0 radical (unpaired) electrons. The maximum Gasteiger partial charge on any atom is 0.339 e. The third-order valence-corrected chi connectivity index (χ3v) is 7.01. The smallest absolute Gasteiger partial charge is 0.339 e. The molecule has 2 aromatic carbocycles. The molecule has 168 valence electrons. The normalized spacial score (nSPS) is 17.5. The number of hydrogen-bond acceptors (Lipinski definition) is 4. The van der Waals surface area contributed by atoms with Gasteiger partial charge in [0.1, 0.15) is 11.3 Å². The third kappa shape index (κ3) is 3.59. The van der Waals surface area contributed by atoms with Crippen LogP contribution in [0.25, 0.3) is 21.9 Å². The first-order valence-corrected chi connectivity index (χ1v) is 11.8. The van der Waals surface area contributed by atoms with Crippen LogP contribution in [0.5, 0.6) is 5.75 Å². The van der Waals surface area contributed by atoms with Crippen molar-refractivity contribution >= 4 is 27.8 Å². The highest BCUT2D eigenvalue weighted by molar-refractivity contribution is 5.86. The summed E-state index contributed by atoms with van der Waals surface area (Å²) in [6, 6.07) is 13.7. The first-order chi connectivity index (χ1) is 16.2. The molecule has 0 saturated heterocycles. The zero-order valence-corrected chi connectivity index (χ0v) is 18.4. The van der Waals surface area contributed by atoms with Crippen molar-refractivity contribution in [1.82, 2.24) is 10.3 Å². The third-order valence-electron chi connectivity index (χ3n) is 7.01. The molecule has 0 fully saturated rings. The minimum Gasteiger partial charge on any atom is -0.484 e. The zero-order chi connectivity index (χ0) is 22.4. The molecule has 4 aromatic rings. The van der Waals surface area contributed by atoms with Crippen molar-refractivity contribution in [3.8, 4) is 5.75 Å². The van der Waals surface area contributed by atoms with Crippen LogP contribution in [0.15, 0.2) is 51.7 Å². The fourth-order valence-electron chi connectivity index (χ4n) is 5.46. The molecule has 0 unspecified atom stereocenters. The molecule has 0 aliphatic heterocycles. The largest absolute Gasteiger partial charge is 0.484 e. The number of H-pyrrole nitrogens is 1. The summed E-state index contributed by atoms with van der Waals surface area (Å²) in [5.41, 5.74) is 5.70. The van der Waals surface area contributed by atoms with Crippen molar-refractivity contribution in [3.63, 3.8) is 0 Å². The van der Waals surface area contributed by atoms with Gasteiger partial charge in [-0.1, -0.05) is 18.2 Å². The number of para-hydroxylation sites is 1. The monoisotopic (exact) mass is 442 g/mol. The fraction of sp³-hybridized carbons (Fsp3) is 0.333. The lowest BCUT2D eigenvalue weighted by Crippen LogP contribution is -2.34. The van der Waals surface area contributed by atoms with Crippen molar-refractivity contribution in [1.29, 1.82) is 0 Å². The second-order valence-electron chi connectivity index (χ2n) is 9.08. The molecular formula is C27H26N2O4. The van der Waals surface area contributed by atoms with Crippen molar-refractivity contribution in [2.75, 3.05) is 6.61 Å². The molecule has 1 amide bonds. The van der Waals surface area contributed by atoms with Crippen molar-refractivity contribution < 1.29 is 13.9 Å². The van der Waals surface area contributed by atoms with Gasteiger partial charge in [-0.25, -0.2) is 4.79 Å². The van der Waals surface area contributed by atoms with Crippen molar-refractivity contribution in [2.45, 2.75) is 51.0 Å². The molecule has 2 N–H and O–H groups in total. The highest BCUT2D eigenvalue weighted by Crippen LogP contribution is 2.34. The molecule has 6 heteroatoms. The van der Waals surface area contributed by atoms with Crippen molar-refractivity contribution in [2.24, 2.45) is 0 Å². The number of carbonyl (C=O) groups is 1. The van der Waals surface area contributed by atoms with Crippen LogP contribution in [0, 0.1) is 0 Å². The number of aryl methyl sites for hydroxylation is 2. The van der Waals surface area contributed by atoms with E-state index in [9.17, 15) is 9.59 Å². The molecule has 0 bridgehead atoms. The second kappa shape index (κ2) is 8.10. The van der Waals surface area contributed by atoms with Gasteiger partial charge in [0.05, 0.1) is 6.04 Å². The first-order valence-electron chi connectivity index (χ1n) is 11.8. The van der Waals surface area contributed by atoms with E-state index in [1.165, 1.54) is 10.9 Å². The lowest BCUT2D eigenvalue weighted by Gasteiger charge is -2.24. The van der Waals surface area contributed by atoms with Crippen LogP contribution in [0.3, 0.4) is 0 Å². The Morgan fingerprint density at radius 2 is 1.82 bits per heavy atom. The molecule has 33 heavy (non-hydrogen) atoms. The number of nitrogens with one attached hydrogen (secondary N) is 2. The Hall–Kier alpha value is -3.54. The highest BCUT2D eigenvalue weighted by Gasteiger charge is 2.25. The number of aromatic amines is 1. The fourth-order valence-corrected chi connectivity index (χ4v) is 5.46. The molecular weight excluding hydrogens is 416 g/mol. The number of ether oxygens (including phenoxy) is 1. The summed E-state index contributed by atoms with van der Waals surface area (Å²) in [5.74, 6) is 0.352. The van der Waals surface area contributed by atoms with Gasteiger partial charge in [-0.2, -0.15) is 0 Å². The topological polar surface area (TPSA) is 84.3 Å². The Morgan fingerprint density at radius 3 is 2.73 bits per heavy atom. The number of carbonyl (C=O) groups excluding carboxylic acids is 1. The Bertz CT molecular complexity index is 1430. The van der Waals surface area contributed by atoms with Crippen LogP contribution in [-0.4, -0.2) is 17.5 Å². The SMILES string of the molecule is O=C(COc1ccc2c3c(c(=O)oc2c1)CCCC3)N[C@@H]1CCCc2c1[nH]c1ccccc21. The molecule has 1 atom stereocenters. The van der Waals surface area contributed by atoms with E-state index >= 15 is 0 Å². The maximum atomic E-state index is 12.7. The maximum absolute atomic E-state index is 12.7. The predicted octanol–water partition coefficient (Wildman–Crippen LogP) is 4.73. The lowest BCUT2D eigenvalue weighted by atomic mass is 9.91. The van der Waals surface area contributed by atoms with E-state index in [-0.39, 0.29) is 24.2 Å². The van der Waals surface area contributed by atoms with Crippen LogP contribution in [-0.2, 0) is 24.1 Å². The van der Waals surface area contributed by atoms with Gasteiger partial charge < -0.3 is 19.5 Å². The second-order valence-corrected chi connectivity index (χ2v) is 9.08. The van der Waals surface area contributed by atoms with Gasteiger partial charge in [0.2, 0.25) is 0 Å². The summed E-state index contributed by atoms with van der Waals surface area (Å²) < 4.78 is 11.3. The minimum atomic E-state index is -0.251. The van der Waals surface area contributed by atoms with Gasteiger partial charge in [-0.05, 0) is 74.3 Å². The quantitative estimate of drug-likeness (QED) is 0.448. The van der Waals surface area contributed by atoms with E-state index in [0.29, 0.717) is 11.3 Å². The van der Waals surface area contributed by atoms with Gasteiger partial charge >= 0.3 is 5.63 Å². The van der Waals surface area contributed by atoms with Crippen molar-refractivity contribution in [3.05, 3.63) is 75.3 Å². The highest BCUT2D eigenvalue weighted by atomic mass is 16.5. The van der Waals surface area contributed by atoms with Gasteiger partial charge in [0.15, 0.2) is 6.61 Å². The van der Waals surface area contributed by atoms with Crippen LogP contribution in [0.1, 0.15) is 54.1 Å². The van der Waals surface area contributed by atoms with Crippen LogP contribution in [0.2, 0.25) is 0 Å². The molecule has 6 rings (SSSR count). The average Bonchev–Trinajstić information content (AvgIpc) is 3.23. The first kappa shape index (κ1) is 20.1. The van der Waals surface area contributed by atoms with E-state index in [1.807, 2.05) is 24.3 Å². The van der Waals surface area contributed by atoms with Gasteiger partial charge in [-0.3, -0.25) is 4.79 Å². The Morgan fingerprint density at radius 1 is 1.00 bits per heavy atom. The Labute approximate surface area is 190 Å². The predicted molar refractivity (Wildman–Crippen MR) is 127 cm³/mol. The van der Waals surface area contributed by atoms with E-state index in [0.717, 1.165) is 72.7 Å². The number of hydrogen-bond donors (Lipinski definition) is 2. The number of benzene rings is 2. The summed E-state index contributed by atoms with van der Waals surface area (Å²) in [6.45, 7) is -0.0905. The number of amides is 1. The average molecular weight is 443 g/mol. The van der Waals surface area contributed by atoms with E-state index in [2.05, 4.69) is 22.4 Å². The van der Waals surface area contributed by atoms with Crippen LogP contribution < -0.4 is 15.7 Å². The minimum absolute atomic E-state index is 0.0432. The van der Waals surface area contributed by atoms with Gasteiger partial charge in [-0.15, -0.1) is 0 Å². The summed E-state index contributed by atoms with van der Waals surface area (Å²) in [4.78, 5) is 28.6. The molecule has 2 heterocycles. The zero-order valence-electron chi connectivity index (χ0n) is 18.4. The molecule has 0 spiro atoms. The molecule has 2 aliphatic rings. The number of aromatic nitrogens is 1. The molecule has 2 aliphatic carbocycles. The number of rotatable bonds is 4. The standard InChI is InChI=1S/C27H26N2O4/c30-25(28-23-11-5-9-20-18-7-3-4-10-22(18)29-26(20)23)15-32-16-12-13-19-17-6-1-2-8-21(17)27(31)33-24(19)14-16/h3-4,7,10,12-14,23,29H,1-2,5-6,8-9,11,15H2,(H,28,30)/t23-/m1/s1. The summed E-state index contributed by atoms with van der Waals surface area (Å²) >= 11 is 0. The molecule has 0 saturated carbocycles. The van der Waals surface area contributed by atoms with Gasteiger partial charge in [0, 0.05) is 33.6 Å². The summed E-state index contributed by atoms with van der Waals surface area (Å²) in [6.07, 6.45) is 6.76.